The summed E-state index contributed by atoms with van der Waals surface area (Å²) >= 11 is 3.10. The van der Waals surface area contributed by atoms with E-state index >= 15 is 0 Å². The number of hydrogen-bond acceptors (Lipinski definition) is 8. The number of rotatable bonds is 7. The van der Waals surface area contributed by atoms with E-state index in [0.717, 1.165) is 49.3 Å². The first-order valence-electron chi connectivity index (χ1n) is 15.8. The Morgan fingerprint density at radius 3 is 1.73 bits per heavy atom. The van der Waals surface area contributed by atoms with Gasteiger partial charge in [-0.3, -0.25) is 23.9 Å². The standard InChI is InChI=1S/C24H18N4S.C15H14N4S/c1-2-11-20(12-3-1)28-23(22-14-6-10-19-9-4-5-13-21(19)22)27-24(29-28)26-17-18-8-7-15-25-16-18;1-12-18-15(17-11-13-6-5-9-16-10-13)20-19(12)14-7-3-2-4-8-14/h1-16H,17H2;2-10H,11H2,1H3. The van der Waals surface area contributed by atoms with E-state index in [9.17, 15) is 0 Å². The molecular weight excluding hydrogens is 645 g/mol. The molecule has 0 bridgehead atoms. The molecule has 8 nitrogen and oxygen atoms in total. The second-order valence-corrected chi connectivity index (χ2v) is 12.8. The van der Waals surface area contributed by atoms with E-state index in [1.807, 2.05) is 80.0 Å². The van der Waals surface area contributed by atoms with Crippen LogP contribution in [0.25, 0.3) is 33.5 Å². The lowest BCUT2D eigenvalue weighted by molar-refractivity contribution is 0.956. The van der Waals surface area contributed by atoms with Crippen LogP contribution in [0.4, 0.5) is 0 Å². The maximum absolute atomic E-state index is 4.92. The van der Waals surface area contributed by atoms with Gasteiger partial charge in [0.2, 0.25) is 9.60 Å². The highest BCUT2D eigenvalue weighted by molar-refractivity contribution is 7.04. The highest BCUT2D eigenvalue weighted by Crippen LogP contribution is 2.29. The van der Waals surface area contributed by atoms with Crippen LogP contribution < -0.4 is 9.60 Å². The molecule has 8 aromatic rings. The van der Waals surface area contributed by atoms with Crippen molar-refractivity contribution >= 4 is 33.8 Å². The number of nitrogens with zero attached hydrogens (tertiary/aromatic N) is 8. The Morgan fingerprint density at radius 2 is 1.10 bits per heavy atom. The van der Waals surface area contributed by atoms with Crippen molar-refractivity contribution in [3.63, 3.8) is 0 Å². The molecule has 0 spiro atoms. The van der Waals surface area contributed by atoms with Gasteiger partial charge in [-0.2, -0.15) is 4.98 Å². The van der Waals surface area contributed by atoms with Crippen molar-refractivity contribution in [1.82, 2.24) is 27.8 Å². The number of benzene rings is 4. The molecule has 0 amide bonds. The molecule has 0 aliphatic carbocycles. The molecule has 0 unspecified atom stereocenters. The summed E-state index contributed by atoms with van der Waals surface area (Å²) in [4.78, 5) is 28.5. The van der Waals surface area contributed by atoms with Crippen LogP contribution in [-0.4, -0.2) is 27.8 Å². The molecule has 10 heteroatoms. The molecule has 0 saturated heterocycles. The molecule has 0 atom stereocenters. The fraction of sp³-hybridized carbons (Fsp3) is 0.0769. The van der Waals surface area contributed by atoms with E-state index in [2.05, 4.69) is 94.6 Å². The number of aromatic nitrogens is 6. The van der Waals surface area contributed by atoms with Gasteiger partial charge < -0.3 is 0 Å². The molecule has 0 radical (unpaired) electrons. The molecule has 8 rings (SSSR count). The largest absolute Gasteiger partial charge is 0.264 e. The predicted molar refractivity (Wildman–Crippen MR) is 198 cm³/mol. The van der Waals surface area contributed by atoms with Crippen molar-refractivity contribution < 1.29 is 0 Å². The van der Waals surface area contributed by atoms with Gasteiger partial charge in [-0.25, -0.2) is 8.94 Å². The minimum absolute atomic E-state index is 0.561. The smallest absolute Gasteiger partial charge is 0.223 e. The molecule has 0 aliphatic rings. The maximum atomic E-state index is 4.92. The lowest BCUT2D eigenvalue weighted by atomic mass is 10.0. The molecular formula is C39H32N8S2. The first-order valence-corrected chi connectivity index (χ1v) is 17.3. The summed E-state index contributed by atoms with van der Waals surface area (Å²) in [6.07, 6.45) is 7.21. The summed E-state index contributed by atoms with van der Waals surface area (Å²) in [6, 6.07) is 43.1. The van der Waals surface area contributed by atoms with Crippen LogP contribution in [0.1, 0.15) is 17.0 Å². The number of hydrogen-bond donors (Lipinski definition) is 0. The van der Waals surface area contributed by atoms with Gasteiger partial charge in [0, 0.05) is 30.4 Å². The van der Waals surface area contributed by atoms with Crippen molar-refractivity contribution in [2.45, 2.75) is 20.0 Å². The van der Waals surface area contributed by atoms with Gasteiger partial charge in [-0.15, -0.1) is 0 Å². The zero-order valence-corrected chi connectivity index (χ0v) is 28.4. The quantitative estimate of drug-likeness (QED) is 0.171. The van der Waals surface area contributed by atoms with E-state index in [1.165, 1.54) is 10.8 Å². The number of fused-ring (bicyclic) bond motifs is 1. The van der Waals surface area contributed by atoms with Gasteiger partial charge in [0.15, 0.2) is 5.82 Å². The Hall–Kier alpha value is -5.84. The zero-order chi connectivity index (χ0) is 33.3. The van der Waals surface area contributed by atoms with Gasteiger partial charge in [-0.05, 0) is 88.3 Å². The lowest BCUT2D eigenvalue weighted by Crippen LogP contribution is -1.99. The van der Waals surface area contributed by atoms with Gasteiger partial charge in [-0.1, -0.05) is 91.0 Å². The minimum Gasteiger partial charge on any atom is -0.264 e. The lowest BCUT2D eigenvalue weighted by Gasteiger charge is -2.09. The van der Waals surface area contributed by atoms with Crippen LogP contribution in [0.2, 0.25) is 0 Å². The van der Waals surface area contributed by atoms with Crippen LogP contribution in [0, 0.1) is 6.92 Å². The Kier molecular flexibility index (Phi) is 9.96. The fourth-order valence-electron chi connectivity index (χ4n) is 5.19. The van der Waals surface area contributed by atoms with E-state index < -0.39 is 0 Å². The van der Waals surface area contributed by atoms with Gasteiger partial charge in [0.25, 0.3) is 0 Å². The highest BCUT2D eigenvalue weighted by atomic mass is 32.1. The number of para-hydroxylation sites is 2. The summed E-state index contributed by atoms with van der Waals surface area (Å²) in [5.74, 6) is 1.86. The van der Waals surface area contributed by atoms with E-state index in [0.29, 0.717) is 13.1 Å². The highest BCUT2D eigenvalue weighted by Gasteiger charge is 2.13. The Balaban J connectivity index is 0.000000166. The first-order chi connectivity index (χ1) is 24.2. The minimum atomic E-state index is 0.561. The van der Waals surface area contributed by atoms with Crippen molar-refractivity contribution in [2.24, 2.45) is 9.98 Å². The molecule has 0 N–H and O–H groups in total. The van der Waals surface area contributed by atoms with Crippen molar-refractivity contribution in [3.05, 3.63) is 179 Å². The molecule has 0 saturated carbocycles. The van der Waals surface area contributed by atoms with Crippen LogP contribution in [0.15, 0.2) is 162 Å². The van der Waals surface area contributed by atoms with Crippen molar-refractivity contribution in [1.29, 1.82) is 0 Å². The fourth-order valence-corrected chi connectivity index (χ4v) is 6.92. The van der Waals surface area contributed by atoms with Crippen LogP contribution in [0.3, 0.4) is 0 Å². The third-order valence-electron chi connectivity index (χ3n) is 7.54. The maximum Gasteiger partial charge on any atom is 0.223 e. The average molecular weight is 677 g/mol. The van der Waals surface area contributed by atoms with Gasteiger partial charge >= 0.3 is 0 Å². The third kappa shape index (κ3) is 7.83. The number of pyridine rings is 2. The molecule has 4 aromatic carbocycles. The first kappa shape index (κ1) is 31.7. The molecule has 0 aliphatic heterocycles. The Bertz CT molecular complexity index is 2390. The van der Waals surface area contributed by atoms with Crippen LogP contribution in [-0.2, 0) is 13.1 Å². The molecule has 4 heterocycles. The van der Waals surface area contributed by atoms with E-state index in [4.69, 9.17) is 9.98 Å². The van der Waals surface area contributed by atoms with Crippen LogP contribution in [0.5, 0.6) is 0 Å². The van der Waals surface area contributed by atoms with E-state index in [1.54, 1.807) is 35.5 Å². The second-order valence-electron chi connectivity index (χ2n) is 11.0. The molecule has 0 fully saturated rings. The predicted octanol–water partition coefficient (Wildman–Crippen LogP) is 7.99. The summed E-state index contributed by atoms with van der Waals surface area (Å²) < 4.78 is 4.24. The average Bonchev–Trinajstić information content (AvgIpc) is 3.78. The molecule has 240 valence electrons. The monoisotopic (exact) mass is 676 g/mol. The third-order valence-corrected chi connectivity index (χ3v) is 9.53. The summed E-state index contributed by atoms with van der Waals surface area (Å²) in [7, 11) is 0. The second kappa shape index (κ2) is 15.4. The van der Waals surface area contributed by atoms with Crippen LogP contribution >= 0.6 is 23.1 Å². The number of aryl methyl sites for hydroxylation is 1. The van der Waals surface area contributed by atoms with Crippen molar-refractivity contribution in [3.8, 4) is 22.8 Å². The van der Waals surface area contributed by atoms with Gasteiger partial charge in [0.1, 0.15) is 5.82 Å². The van der Waals surface area contributed by atoms with E-state index in [-0.39, 0.29) is 0 Å². The summed E-state index contributed by atoms with van der Waals surface area (Å²) in [5, 5.41) is 2.38. The van der Waals surface area contributed by atoms with Gasteiger partial charge in [0.05, 0.1) is 24.5 Å². The normalized spacial score (nSPS) is 11.8. The summed E-state index contributed by atoms with van der Waals surface area (Å²) in [6.45, 7) is 3.16. The Labute approximate surface area is 292 Å². The topological polar surface area (TPSA) is 86.1 Å². The SMILES string of the molecule is Cc1nc(=NCc2cccnc2)sn1-c1ccccc1.c1ccc(-n2sc(=NCc3cccnc3)nc2-c2cccc3ccccc23)cc1. The molecule has 49 heavy (non-hydrogen) atoms. The van der Waals surface area contributed by atoms with Crippen molar-refractivity contribution in [2.75, 3.05) is 0 Å². The zero-order valence-electron chi connectivity index (χ0n) is 26.7. The molecule has 4 aromatic heterocycles. The Morgan fingerprint density at radius 1 is 0.551 bits per heavy atom. The summed E-state index contributed by atoms with van der Waals surface area (Å²) in [5.41, 5.74) is 5.46.